The SMILES string of the molecule is C=C/C(=C\C(=C/C)c1ccc2[nH]nc(-c3cc4c(C5=CCC=C5)nccc4[nH]3)c2n1)CCCN1CCCC1. The van der Waals surface area contributed by atoms with Crippen molar-refractivity contribution in [2.24, 2.45) is 0 Å². The highest BCUT2D eigenvalue weighted by molar-refractivity contribution is 5.99. The number of nitrogens with one attached hydrogen (secondary N) is 2. The molecule has 38 heavy (non-hydrogen) atoms. The quantitative estimate of drug-likeness (QED) is 0.237. The lowest BCUT2D eigenvalue weighted by atomic mass is 10.0. The lowest BCUT2D eigenvalue weighted by molar-refractivity contribution is 0.334. The normalized spacial score (nSPS) is 16.7. The van der Waals surface area contributed by atoms with E-state index in [1.54, 1.807) is 0 Å². The molecule has 4 aromatic rings. The number of pyridine rings is 2. The molecule has 0 bridgehead atoms. The summed E-state index contributed by atoms with van der Waals surface area (Å²) in [7, 11) is 0. The third kappa shape index (κ3) is 4.79. The Kier molecular flexibility index (Phi) is 6.88. The maximum absolute atomic E-state index is 5.08. The fourth-order valence-corrected chi connectivity index (χ4v) is 5.54. The number of H-pyrrole nitrogens is 2. The first-order valence-electron chi connectivity index (χ1n) is 13.7. The number of hydrogen-bond acceptors (Lipinski definition) is 4. The molecule has 2 N–H and O–H groups in total. The fraction of sp³-hybridized carbons (Fsp3) is 0.281. The van der Waals surface area contributed by atoms with Crippen molar-refractivity contribution in [2.45, 2.75) is 39.0 Å². The van der Waals surface area contributed by atoms with E-state index in [0.29, 0.717) is 0 Å². The molecular formula is C32H34N6. The molecule has 5 heterocycles. The van der Waals surface area contributed by atoms with Crippen LogP contribution in [0.25, 0.3) is 44.5 Å². The van der Waals surface area contributed by atoms with Gasteiger partial charge in [-0.25, -0.2) is 4.98 Å². The average molecular weight is 503 g/mol. The second-order valence-electron chi connectivity index (χ2n) is 10.1. The Morgan fingerprint density at radius 2 is 2.03 bits per heavy atom. The zero-order valence-corrected chi connectivity index (χ0v) is 22.0. The van der Waals surface area contributed by atoms with Crippen LogP contribution in [-0.4, -0.2) is 49.7 Å². The second-order valence-corrected chi connectivity index (χ2v) is 10.1. The van der Waals surface area contributed by atoms with Gasteiger partial charge in [-0.2, -0.15) is 5.10 Å². The second kappa shape index (κ2) is 10.8. The highest BCUT2D eigenvalue weighted by Gasteiger charge is 2.17. The largest absolute Gasteiger partial charge is 0.353 e. The van der Waals surface area contributed by atoms with Gasteiger partial charge in [0.2, 0.25) is 0 Å². The first-order chi connectivity index (χ1) is 18.7. The van der Waals surface area contributed by atoms with Gasteiger partial charge in [0.15, 0.2) is 0 Å². The van der Waals surface area contributed by atoms with Crippen LogP contribution >= 0.6 is 0 Å². The van der Waals surface area contributed by atoms with E-state index in [-0.39, 0.29) is 0 Å². The minimum absolute atomic E-state index is 0.814. The van der Waals surface area contributed by atoms with Gasteiger partial charge in [-0.05, 0) is 106 Å². The zero-order valence-electron chi connectivity index (χ0n) is 22.0. The summed E-state index contributed by atoms with van der Waals surface area (Å²) < 4.78 is 0. The molecule has 0 amide bonds. The van der Waals surface area contributed by atoms with Crippen molar-refractivity contribution in [3.05, 3.63) is 90.5 Å². The van der Waals surface area contributed by atoms with E-state index in [9.17, 15) is 0 Å². The monoisotopic (exact) mass is 502 g/mol. The van der Waals surface area contributed by atoms with Crippen molar-refractivity contribution in [1.82, 2.24) is 30.0 Å². The van der Waals surface area contributed by atoms with Gasteiger partial charge in [0.05, 0.1) is 22.6 Å². The molecule has 1 aliphatic heterocycles. The van der Waals surface area contributed by atoms with Crippen molar-refractivity contribution in [2.75, 3.05) is 19.6 Å². The zero-order chi connectivity index (χ0) is 25.9. The minimum atomic E-state index is 0.814. The van der Waals surface area contributed by atoms with Gasteiger partial charge in [0, 0.05) is 17.1 Å². The Balaban J connectivity index is 1.30. The van der Waals surface area contributed by atoms with Gasteiger partial charge in [-0.15, -0.1) is 0 Å². The number of allylic oxidation sites excluding steroid dienone is 9. The molecule has 192 valence electrons. The number of aromatic amines is 2. The van der Waals surface area contributed by atoms with Gasteiger partial charge in [0.1, 0.15) is 11.2 Å². The molecule has 6 nitrogen and oxygen atoms in total. The number of hydrogen-bond donors (Lipinski definition) is 2. The summed E-state index contributed by atoms with van der Waals surface area (Å²) in [5.74, 6) is 0. The van der Waals surface area contributed by atoms with E-state index in [1.807, 2.05) is 18.3 Å². The molecular weight excluding hydrogens is 468 g/mol. The Morgan fingerprint density at radius 3 is 2.82 bits per heavy atom. The van der Waals surface area contributed by atoms with Gasteiger partial charge < -0.3 is 9.88 Å². The van der Waals surface area contributed by atoms with Crippen molar-refractivity contribution >= 4 is 33.1 Å². The Bertz CT molecular complexity index is 1600. The molecule has 0 spiro atoms. The van der Waals surface area contributed by atoms with E-state index in [4.69, 9.17) is 4.98 Å². The predicted octanol–water partition coefficient (Wildman–Crippen LogP) is 7.24. The number of fused-ring (bicyclic) bond motifs is 2. The molecule has 6 rings (SSSR count). The minimum Gasteiger partial charge on any atom is -0.353 e. The Morgan fingerprint density at radius 1 is 1.13 bits per heavy atom. The molecule has 1 aliphatic carbocycles. The average Bonchev–Trinajstić information content (AvgIpc) is 3.76. The summed E-state index contributed by atoms with van der Waals surface area (Å²) in [6, 6.07) is 8.28. The Labute approximate surface area is 223 Å². The van der Waals surface area contributed by atoms with Gasteiger partial charge in [-0.1, -0.05) is 37.0 Å². The standard InChI is InChI=1S/C32H34N6/c1-3-22(10-9-19-38-17-7-8-18-38)20-23(4-2)26-13-14-28-31(35-26)32(37-36-28)29-21-25-27(34-29)15-16-33-30(25)24-11-5-6-12-24/h3-5,11-16,20-21,34H,1,6-10,17-19H2,2H3,(H,36,37)/b22-20+,23-4+. The van der Waals surface area contributed by atoms with E-state index in [1.165, 1.54) is 31.5 Å². The van der Waals surface area contributed by atoms with Crippen LogP contribution in [0.2, 0.25) is 0 Å². The molecule has 0 unspecified atom stereocenters. The highest BCUT2D eigenvalue weighted by Crippen LogP contribution is 2.33. The van der Waals surface area contributed by atoms with E-state index in [2.05, 4.69) is 87.1 Å². The van der Waals surface area contributed by atoms with Crippen LogP contribution in [0.1, 0.15) is 50.4 Å². The van der Waals surface area contributed by atoms with Gasteiger partial charge in [-0.3, -0.25) is 10.1 Å². The van der Waals surface area contributed by atoms with Crippen LogP contribution in [0, 0.1) is 0 Å². The molecule has 4 aromatic heterocycles. The van der Waals surface area contributed by atoms with Crippen molar-refractivity contribution in [3.63, 3.8) is 0 Å². The van der Waals surface area contributed by atoms with Crippen molar-refractivity contribution in [1.29, 1.82) is 0 Å². The van der Waals surface area contributed by atoms with Crippen molar-refractivity contribution in [3.8, 4) is 11.4 Å². The lowest BCUT2D eigenvalue weighted by Crippen LogP contribution is -2.20. The number of nitrogens with zero attached hydrogens (tertiary/aromatic N) is 4. The van der Waals surface area contributed by atoms with Crippen LogP contribution in [0.5, 0.6) is 0 Å². The highest BCUT2D eigenvalue weighted by atomic mass is 15.1. The van der Waals surface area contributed by atoms with E-state index >= 15 is 0 Å². The molecule has 6 heteroatoms. The molecule has 0 radical (unpaired) electrons. The van der Waals surface area contributed by atoms with Crippen LogP contribution in [-0.2, 0) is 0 Å². The lowest BCUT2D eigenvalue weighted by Gasteiger charge is -2.14. The van der Waals surface area contributed by atoms with Crippen molar-refractivity contribution < 1.29 is 0 Å². The summed E-state index contributed by atoms with van der Waals surface area (Å²) in [6.45, 7) is 9.80. The summed E-state index contributed by atoms with van der Waals surface area (Å²) in [5, 5.41) is 8.90. The topological polar surface area (TPSA) is 73.5 Å². The smallest absolute Gasteiger partial charge is 0.135 e. The maximum Gasteiger partial charge on any atom is 0.135 e. The van der Waals surface area contributed by atoms with Crippen LogP contribution in [0.15, 0.2) is 79.1 Å². The van der Waals surface area contributed by atoms with E-state index in [0.717, 1.165) is 81.7 Å². The molecule has 0 aromatic carbocycles. The molecule has 0 saturated carbocycles. The van der Waals surface area contributed by atoms with Gasteiger partial charge in [0.25, 0.3) is 0 Å². The molecule has 1 fully saturated rings. The third-order valence-electron chi connectivity index (χ3n) is 7.60. The summed E-state index contributed by atoms with van der Waals surface area (Å²) >= 11 is 0. The first-order valence-corrected chi connectivity index (χ1v) is 13.7. The first kappa shape index (κ1) is 24.3. The number of likely N-dealkylation sites (tertiary alicyclic amines) is 1. The van der Waals surface area contributed by atoms with Gasteiger partial charge >= 0.3 is 0 Å². The Hall–Kier alpha value is -4.03. The summed E-state index contributed by atoms with van der Waals surface area (Å²) in [6.07, 6.45) is 20.5. The van der Waals surface area contributed by atoms with Crippen LogP contribution < -0.4 is 0 Å². The maximum atomic E-state index is 5.08. The molecule has 0 atom stereocenters. The number of aromatic nitrogens is 5. The number of rotatable bonds is 9. The molecule has 2 aliphatic rings. The summed E-state index contributed by atoms with van der Waals surface area (Å²) in [5.41, 5.74) is 9.98. The fourth-order valence-electron chi connectivity index (χ4n) is 5.54. The third-order valence-corrected chi connectivity index (χ3v) is 7.60. The van der Waals surface area contributed by atoms with Crippen LogP contribution in [0.3, 0.4) is 0 Å². The predicted molar refractivity (Wildman–Crippen MR) is 158 cm³/mol. The van der Waals surface area contributed by atoms with Crippen LogP contribution in [0.4, 0.5) is 0 Å². The molecule has 1 saturated heterocycles. The van der Waals surface area contributed by atoms with E-state index < -0.39 is 0 Å². The summed E-state index contributed by atoms with van der Waals surface area (Å²) in [4.78, 5) is 15.9.